The summed E-state index contributed by atoms with van der Waals surface area (Å²) in [5.41, 5.74) is 0.00775. The summed E-state index contributed by atoms with van der Waals surface area (Å²) >= 11 is 0. The van der Waals surface area contributed by atoms with Gasteiger partial charge in [0.15, 0.2) is 0 Å². The van der Waals surface area contributed by atoms with Crippen LogP contribution in [0.4, 0.5) is 0 Å². The van der Waals surface area contributed by atoms with Gasteiger partial charge in [0, 0.05) is 53.7 Å². The molecule has 0 amide bonds. The summed E-state index contributed by atoms with van der Waals surface area (Å²) < 4.78 is 0. The van der Waals surface area contributed by atoms with Crippen molar-refractivity contribution in [3.05, 3.63) is 0 Å². The topological polar surface area (TPSA) is 49.4 Å². The van der Waals surface area contributed by atoms with E-state index in [0.717, 1.165) is 0 Å². The predicted molar refractivity (Wildman–Crippen MR) is 104 cm³/mol. The van der Waals surface area contributed by atoms with Crippen LogP contribution in [0.1, 0.15) is 69.2 Å². The van der Waals surface area contributed by atoms with E-state index >= 15 is 0 Å². The molecule has 0 atom stereocenters. The fourth-order valence-corrected chi connectivity index (χ4v) is 0.935. The van der Waals surface area contributed by atoms with Gasteiger partial charge in [0.25, 0.3) is 0 Å². The fraction of sp³-hybridized carbons (Fsp3) is 0.778. The van der Waals surface area contributed by atoms with E-state index in [9.17, 15) is 0 Å². The molecule has 0 saturated carbocycles. The molecule has 0 aromatic rings. The first-order chi connectivity index (χ1) is 9.83. The van der Waals surface area contributed by atoms with Crippen molar-refractivity contribution in [2.75, 3.05) is 0 Å². The van der Waals surface area contributed by atoms with Crippen LogP contribution in [0.15, 0.2) is 20.0 Å². The summed E-state index contributed by atoms with van der Waals surface area (Å²) in [5.74, 6) is 0. The molecular weight excluding hydrogens is 331 g/mol. The standard InChI is InChI=1S/C10H20N2.C8H16N2.Co/c1-9(2,3)11-7-8-12-10(4,5)6;1-7(2)9-5-6-10-8(3)4;/h7-8H,1-6H3;5-8H,1-4H3;. The third kappa shape index (κ3) is 33.8. The molecule has 0 spiro atoms. The van der Waals surface area contributed by atoms with E-state index in [-0.39, 0.29) is 27.9 Å². The Morgan fingerprint density at radius 3 is 1.00 bits per heavy atom. The first-order valence-corrected chi connectivity index (χ1v) is 7.97. The van der Waals surface area contributed by atoms with Gasteiger partial charge in [0.2, 0.25) is 0 Å². The smallest absolute Gasteiger partial charge is 0.0524 e. The van der Waals surface area contributed by atoms with Crippen molar-refractivity contribution in [3.63, 3.8) is 0 Å². The third-order valence-electron chi connectivity index (χ3n) is 1.83. The predicted octanol–water partition coefficient (Wildman–Crippen LogP) is 4.67. The molecule has 4 nitrogen and oxygen atoms in total. The average Bonchev–Trinajstić information content (AvgIpc) is 2.28. The molecule has 0 aliphatic carbocycles. The van der Waals surface area contributed by atoms with E-state index in [2.05, 4.69) is 61.5 Å². The van der Waals surface area contributed by atoms with Crippen molar-refractivity contribution in [3.8, 4) is 0 Å². The molecule has 0 heterocycles. The molecule has 0 N–H and O–H groups in total. The van der Waals surface area contributed by atoms with Crippen LogP contribution in [0.5, 0.6) is 0 Å². The van der Waals surface area contributed by atoms with E-state index in [4.69, 9.17) is 0 Å². The second-order valence-electron chi connectivity index (χ2n) is 7.68. The van der Waals surface area contributed by atoms with Crippen molar-refractivity contribution in [2.45, 2.75) is 92.4 Å². The molecule has 1 radical (unpaired) electrons. The first-order valence-electron chi connectivity index (χ1n) is 7.97. The average molecular weight is 367 g/mol. The Balaban J connectivity index is -0.000000338. The van der Waals surface area contributed by atoms with Crippen LogP contribution in [0.3, 0.4) is 0 Å². The van der Waals surface area contributed by atoms with Gasteiger partial charge in [0.1, 0.15) is 0 Å². The maximum atomic E-state index is 4.29. The largest absolute Gasteiger partial charge is 0.289 e. The quantitative estimate of drug-likeness (QED) is 0.649. The van der Waals surface area contributed by atoms with Gasteiger partial charge >= 0.3 is 0 Å². The van der Waals surface area contributed by atoms with Gasteiger partial charge in [-0.2, -0.15) is 0 Å². The fourth-order valence-electron chi connectivity index (χ4n) is 0.935. The third-order valence-corrected chi connectivity index (χ3v) is 1.83. The summed E-state index contributed by atoms with van der Waals surface area (Å²) in [7, 11) is 0. The Morgan fingerprint density at radius 2 is 0.826 bits per heavy atom. The van der Waals surface area contributed by atoms with Gasteiger partial charge < -0.3 is 0 Å². The monoisotopic (exact) mass is 367 g/mol. The maximum Gasteiger partial charge on any atom is 0.0524 e. The summed E-state index contributed by atoms with van der Waals surface area (Å²) in [6.07, 6.45) is 7.05. The van der Waals surface area contributed by atoms with E-state index < -0.39 is 0 Å². The Labute approximate surface area is 154 Å². The number of hydrogen-bond acceptors (Lipinski definition) is 4. The normalized spacial score (nSPS) is 13.4. The SMILES string of the molecule is CC(C)(C)N=CC=NC(C)(C)C.CC(C)N=CC=NC(C)C.[Co]. The van der Waals surface area contributed by atoms with E-state index in [1.54, 1.807) is 24.9 Å². The summed E-state index contributed by atoms with van der Waals surface area (Å²) in [4.78, 5) is 16.8. The maximum absolute atomic E-state index is 4.29. The zero-order valence-corrected chi connectivity index (χ0v) is 17.6. The van der Waals surface area contributed by atoms with Crippen LogP contribution in [0.2, 0.25) is 0 Å². The summed E-state index contributed by atoms with van der Waals surface area (Å²) in [6.45, 7) is 20.5. The molecule has 0 saturated heterocycles. The van der Waals surface area contributed by atoms with E-state index in [1.807, 2.05) is 27.7 Å². The molecule has 0 aliphatic heterocycles. The zero-order valence-electron chi connectivity index (χ0n) is 16.6. The molecule has 0 unspecified atom stereocenters. The van der Waals surface area contributed by atoms with Crippen LogP contribution in [-0.4, -0.2) is 48.0 Å². The minimum Gasteiger partial charge on any atom is -0.289 e. The van der Waals surface area contributed by atoms with Crippen molar-refractivity contribution in [1.82, 2.24) is 0 Å². The molecule has 0 aliphatic rings. The molecule has 0 aromatic heterocycles. The minimum absolute atomic E-state index is 0. The first kappa shape index (κ1) is 27.1. The molecular formula is C18H36CoN4. The van der Waals surface area contributed by atoms with E-state index in [0.29, 0.717) is 12.1 Å². The molecule has 0 aromatic carbocycles. The summed E-state index contributed by atoms with van der Waals surface area (Å²) in [6, 6.07) is 0.747. The van der Waals surface area contributed by atoms with Crippen molar-refractivity contribution in [2.24, 2.45) is 20.0 Å². The van der Waals surface area contributed by atoms with Gasteiger partial charge in [-0.3, -0.25) is 20.0 Å². The molecule has 5 heteroatoms. The number of nitrogens with zero attached hydrogens (tertiary/aromatic N) is 4. The number of aliphatic imine (C=N–C) groups is 4. The van der Waals surface area contributed by atoms with Crippen molar-refractivity contribution in [1.29, 1.82) is 0 Å². The molecule has 0 rings (SSSR count). The number of rotatable bonds is 4. The Bertz CT molecular complexity index is 343. The summed E-state index contributed by atoms with van der Waals surface area (Å²) in [5, 5.41) is 0. The van der Waals surface area contributed by atoms with Gasteiger partial charge in [-0.05, 0) is 69.2 Å². The molecule has 23 heavy (non-hydrogen) atoms. The Kier molecular flexibility index (Phi) is 16.0. The minimum atomic E-state index is 0. The van der Waals surface area contributed by atoms with E-state index in [1.165, 1.54) is 0 Å². The molecule has 0 bridgehead atoms. The molecule has 137 valence electrons. The van der Waals surface area contributed by atoms with Crippen LogP contribution < -0.4 is 0 Å². The number of hydrogen-bond donors (Lipinski definition) is 0. The second-order valence-corrected chi connectivity index (χ2v) is 7.68. The Morgan fingerprint density at radius 1 is 0.565 bits per heavy atom. The molecule has 0 fully saturated rings. The second kappa shape index (κ2) is 13.6. The van der Waals surface area contributed by atoms with Gasteiger partial charge in [-0.25, -0.2) is 0 Å². The van der Waals surface area contributed by atoms with Gasteiger partial charge in [-0.1, -0.05) is 0 Å². The van der Waals surface area contributed by atoms with Crippen LogP contribution in [0.25, 0.3) is 0 Å². The van der Waals surface area contributed by atoms with Crippen LogP contribution in [0, 0.1) is 0 Å². The Hall–Kier alpha value is -0.814. The van der Waals surface area contributed by atoms with Crippen LogP contribution >= 0.6 is 0 Å². The zero-order chi connectivity index (χ0) is 17.8. The van der Waals surface area contributed by atoms with Crippen molar-refractivity contribution < 1.29 is 16.8 Å². The van der Waals surface area contributed by atoms with Gasteiger partial charge in [0.05, 0.1) is 11.1 Å². The van der Waals surface area contributed by atoms with Crippen LogP contribution in [-0.2, 0) is 16.8 Å². The van der Waals surface area contributed by atoms with Crippen molar-refractivity contribution >= 4 is 24.9 Å². The van der Waals surface area contributed by atoms with Gasteiger partial charge in [-0.15, -0.1) is 0 Å².